The van der Waals surface area contributed by atoms with Crippen molar-refractivity contribution in [3.63, 3.8) is 0 Å². The van der Waals surface area contributed by atoms with Crippen molar-refractivity contribution < 1.29 is 18.0 Å². The molecule has 2 aromatic rings. The third-order valence-electron chi connectivity index (χ3n) is 5.12. The Bertz CT molecular complexity index is 1050. The van der Waals surface area contributed by atoms with Crippen molar-refractivity contribution in [2.24, 2.45) is 0 Å². The Morgan fingerprint density at radius 3 is 2.22 bits per heavy atom. The third kappa shape index (κ3) is 7.09. The van der Waals surface area contributed by atoms with E-state index in [4.69, 9.17) is 0 Å². The summed E-state index contributed by atoms with van der Waals surface area (Å²) in [5.74, 6) is -0.716. The number of carbonyl (C=O) groups is 2. The SMILES string of the molecule is CCCNC(=O)[C@@H](C)N(Cc1cccc(C)c1)C(=O)CN(c1cccc(C)c1)S(C)(=O)=O. The second-order valence-corrected chi connectivity index (χ2v) is 9.99. The molecule has 32 heavy (non-hydrogen) atoms. The summed E-state index contributed by atoms with van der Waals surface area (Å²) in [6, 6.07) is 13.9. The van der Waals surface area contributed by atoms with Gasteiger partial charge >= 0.3 is 0 Å². The normalized spacial score (nSPS) is 12.2. The van der Waals surface area contributed by atoms with Gasteiger partial charge in [-0.1, -0.05) is 48.9 Å². The van der Waals surface area contributed by atoms with E-state index in [1.54, 1.807) is 25.1 Å². The molecule has 7 nitrogen and oxygen atoms in total. The molecule has 0 spiro atoms. The molecular formula is C24H33N3O4S. The summed E-state index contributed by atoms with van der Waals surface area (Å²) in [6.07, 6.45) is 1.85. The number of nitrogens with zero attached hydrogens (tertiary/aromatic N) is 2. The molecule has 174 valence electrons. The first kappa shape index (κ1) is 25.4. The fourth-order valence-corrected chi connectivity index (χ4v) is 4.22. The number of hydrogen-bond donors (Lipinski definition) is 1. The molecule has 0 heterocycles. The average Bonchev–Trinajstić information content (AvgIpc) is 2.72. The van der Waals surface area contributed by atoms with Gasteiger partial charge in [0.2, 0.25) is 21.8 Å². The molecule has 0 aliphatic carbocycles. The molecule has 1 N–H and O–H groups in total. The number of rotatable bonds is 10. The number of nitrogens with one attached hydrogen (secondary N) is 1. The maximum Gasteiger partial charge on any atom is 0.244 e. The van der Waals surface area contributed by atoms with E-state index < -0.39 is 22.0 Å². The van der Waals surface area contributed by atoms with Gasteiger partial charge in [-0.05, 0) is 50.5 Å². The van der Waals surface area contributed by atoms with E-state index in [1.807, 2.05) is 51.1 Å². The lowest BCUT2D eigenvalue weighted by Crippen LogP contribution is -2.51. The smallest absolute Gasteiger partial charge is 0.244 e. The van der Waals surface area contributed by atoms with E-state index in [0.717, 1.165) is 33.7 Å². The highest BCUT2D eigenvalue weighted by Gasteiger charge is 2.30. The lowest BCUT2D eigenvalue weighted by Gasteiger charge is -2.31. The Kier molecular flexibility index (Phi) is 8.83. The number of sulfonamides is 1. The Hall–Kier alpha value is -2.87. The van der Waals surface area contributed by atoms with Crippen molar-refractivity contribution in [3.05, 3.63) is 65.2 Å². The number of carbonyl (C=O) groups excluding carboxylic acids is 2. The van der Waals surface area contributed by atoms with Gasteiger partial charge in [0.15, 0.2) is 0 Å². The van der Waals surface area contributed by atoms with E-state index in [-0.39, 0.29) is 19.0 Å². The Labute approximate surface area is 191 Å². The first-order valence-corrected chi connectivity index (χ1v) is 12.5. The van der Waals surface area contributed by atoms with Gasteiger partial charge < -0.3 is 10.2 Å². The van der Waals surface area contributed by atoms with Crippen LogP contribution in [0.1, 0.15) is 37.0 Å². The maximum atomic E-state index is 13.4. The van der Waals surface area contributed by atoms with E-state index in [0.29, 0.717) is 12.2 Å². The van der Waals surface area contributed by atoms with Gasteiger partial charge in [-0.2, -0.15) is 0 Å². The minimum absolute atomic E-state index is 0.201. The summed E-state index contributed by atoms with van der Waals surface area (Å²) in [7, 11) is -3.72. The van der Waals surface area contributed by atoms with Gasteiger partial charge in [0.05, 0.1) is 11.9 Å². The lowest BCUT2D eigenvalue weighted by molar-refractivity contribution is -0.139. The lowest BCUT2D eigenvalue weighted by atomic mass is 10.1. The van der Waals surface area contributed by atoms with Crippen LogP contribution in [0.15, 0.2) is 48.5 Å². The second-order valence-electron chi connectivity index (χ2n) is 8.09. The van der Waals surface area contributed by atoms with Gasteiger partial charge in [0, 0.05) is 13.1 Å². The Morgan fingerprint density at radius 1 is 1.03 bits per heavy atom. The van der Waals surface area contributed by atoms with Crippen LogP contribution in [0.2, 0.25) is 0 Å². The standard InChI is InChI=1S/C24H33N3O4S/c1-6-13-25-24(29)20(4)26(16-21-11-7-9-18(2)14-21)23(28)17-27(32(5,30)31)22-12-8-10-19(3)15-22/h7-12,14-15,20H,6,13,16-17H2,1-5H3,(H,25,29)/t20-/m1/s1. The summed E-state index contributed by atoms with van der Waals surface area (Å²) >= 11 is 0. The van der Waals surface area contributed by atoms with E-state index >= 15 is 0 Å². The van der Waals surface area contributed by atoms with Gasteiger partial charge in [0.1, 0.15) is 12.6 Å². The average molecular weight is 460 g/mol. The number of amides is 2. The largest absolute Gasteiger partial charge is 0.354 e. The molecule has 0 fully saturated rings. The summed E-state index contributed by atoms with van der Waals surface area (Å²) in [4.78, 5) is 27.5. The molecule has 0 unspecified atom stereocenters. The number of benzene rings is 2. The summed E-state index contributed by atoms with van der Waals surface area (Å²) in [5.41, 5.74) is 3.21. The minimum Gasteiger partial charge on any atom is -0.354 e. The van der Waals surface area contributed by atoms with Crippen LogP contribution in [-0.2, 0) is 26.2 Å². The van der Waals surface area contributed by atoms with E-state index in [9.17, 15) is 18.0 Å². The monoisotopic (exact) mass is 459 g/mol. The Morgan fingerprint density at radius 2 is 1.66 bits per heavy atom. The topological polar surface area (TPSA) is 86.8 Å². The van der Waals surface area contributed by atoms with Crippen molar-refractivity contribution in [3.8, 4) is 0 Å². The summed E-state index contributed by atoms with van der Waals surface area (Å²) < 4.78 is 26.1. The molecule has 2 aromatic carbocycles. The van der Waals surface area contributed by atoms with E-state index in [2.05, 4.69) is 5.32 Å². The highest BCUT2D eigenvalue weighted by molar-refractivity contribution is 7.92. The quantitative estimate of drug-likeness (QED) is 0.592. The zero-order valence-electron chi connectivity index (χ0n) is 19.5. The number of aryl methyl sites for hydroxylation is 2. The molecule has 0 saturated heterocycles. The van der Waals surface area contributed by atoms with Gasteiger partial charge in [-0.3, -0.25) is 13.9 Å². The molecule has 0 bridgehead atoms. The van der Waals surface area contributed by atoms with Crippen LogP contribution in [0, 0.1) is 13.8 Å². The number of anilines is 1. The minimum atomic E-state index is -3.72. The van der Waals surface area contributed by atoms with Crippen LogP contribution in [0.4, 0.5) is 5.69 Å². The van der Waals surface area contributed by atoms with Crippen LogP contribution >= 0.6 is 0 Å². The van der Waals surface area contributed by atoms with Crippen LogP contribution < -0.4 is 9.62 Å². The molecule has 0 aromatic heterocycles. The van der Waals surface area contributed by atoms with Crippen LogP contribution in [0.3, 0.4) is 0 Å². The molecule has 0 saturated carbocycles. The fraction of sp³-hybridized carbons (Fsp3) is 0.417. The van der Waals surface area contributed by atoms with Crippen molar-refractivity contribution in [2.75, 3.05) is 23.7 Å². The fourth-order valence-electron chi connectivity index (χ4n) is 3.38. The molecule has 0 aliphatic rings. The molecule has 1 atom stereocenters. The highest BCUT2D eigenvalue weighted by Crippen LogP contribution is 2.20. The molecule has 2 rings (SSSR count). The summed E-state index contributed by atoms with van der Waals surface area (Å²) in [6.45, 7) is 7.75. The predicted octanol–water partition coefficient (Wildman–Crippen LogP) is 3.01. The van der Waals surface area contributed by atoms with Crippen molar-refractivity contribution in [2.45, 2.75) is 46.7 Å². The van der Waals surface area contributed by atoms with Gasteiger partial charge in [0.25, 0.3) is 0 Å². The third-order valence-corrected chi connectivity index (χ3v) is 6.26. The highest BCUT2D eigenvalue weighted by atomic mass is 32.2. The second kappa shape index (κ2) is 11.1. The van der Waals surface area contributed by atoms with E-state index in [1.165, 1.54) is 4.90 Å². The Balaban J connectivity index is 2.37. The van der Waals surface area contributed by atoms with Crippen molar-refractivity contribution in [1.82, 2.24) is 10.2 Å². The van der Waals surface area contributed by atoms with Gasteiger partial charge in [-0.25, -0.2) is 8.42 Å². The van der Waals surface area contributed by atoms with Crippen LogP contribution in [0.5, 0.6) is 0 Å². The number of hydrogen-bond acceptors (Lipinski definition) is 4. The molecular weight excluding hydrogens is 426 g/mol. The first-order chi connectivity index (χ1) is 15.0. The van der Waals surface area contributed by atoms with Crippen molar-refractivity contribution >= 4 is 27.5 Å². The van der Waals surface area contributed by atoms with Crippen LogP contribution in [0.25, 0.3) is 0 Å². The zero-order chi connectivity index (χ0) is 23.9. The van der Waals surface area contributed by atoms with Crippen LogP contribution in [-0.4, -0.2) is 50.5 Å². The molecule has 8 heteroatoms. The maximum absolute atomic E-state index is 13.4. The molecule has 0 aliphatic heterocycles. The zero-order valence-corrected chi connectivity index (χ0v) is 20.3. The predicted molar refractivity (Wildman–Crippen MR) is 128 cm³/mol. The first-order valence-electron chi connectivity index (χ1n) is 10.7. The summed E-state index contributed by atoms with van der Waals surface area (Å²) in [5, 5.41) is 2.82. The molecule has 0 radical (unpaired) electrons. The van der Waals surface area contributed by atoms with Gasteiger partial charge in [-0.15, -0.1) is 0 Å². The van der Waals surface area contributed by atoms with Crippen molar-refractivity contribution in [1.29, 1.82) is 0 Å². The molecule has 2 amide bonds.